The molecule has 0 aliphatic carbocycles. The quantitative estimate of drug-likeness (QED) is 0.734. The van der Waals surface area contributed by atoms with Crippen LogP contribution < -0.4 is 5.73 Å². The van der Waals surface area contributed by atoms with E-state index in [1.807, 2.05) is 28.9 Å². The molecule has 0 saturated carbocycles. The zero-order valence-corrected chi connectivity index (χ0v) is 9.45. The number of imidazole rings is 1. The van der Waals surface area contributed by atoms with E-state index in [1.165, 1.54) is 4.88 Å². The smallest absolute Gasteiger partial charge is 0.137 e. The standard InChI is InChI=1S/C12H11N3S/c13-9-3-4-12-14-10(8-15(12)7-9)6-11-2-1-5-16-11/h1-5,7-8H,6,13H2. The van der Waals surface area contributed by atoms with Crippen LogP contribution >= 0.6 is 11.3 Å². The monoisotopic (exact) mass is 229 g/mol. The van der Waals surface area contributed by atoms with Gasteiger partial charge in [0.15, 0.2) is 0 Å². The Labute approximate surface area is 97.2 Å². The lowest BCUT2D eigenvalue weighted by Crippen LogP contribution is -1.88. The number of thiophene rings is 1. The molecule has 3 nitrogen and oxygen atoms in total. The number of hydrogen-bond acceptors (Lipinski definition) is 3. The first-order chi connectivity index (χ1) is 7.81. The molecule has 3 aromatic rings. The van der Waals surface area contributed by atoms with Gasteiger partial charge in [-0.25, -0.2) is 4.98 Å². The van der Waals surface area contributed by atoms with E-state index >= 15 is 0 Å². The Morgan fingerprint density at radius 2 is 2.19 bits per heavy atom. The molecule has 2 N–H and O–H groups in total. The Morgan fingerprint density at radius 3 is 3.00 bits per heavy atom. The highest BCUT2D eigenvalue weighted by Crippen LogP contribution is 2.15. The van der Waals surface area contributed by atoms with Crippen LogP contribution in [0.2, 0.25) is 0 Å². The second-order valence-corrected chi connectivity index (χ2v) is 4.75. The van der Waals surface area contributed by atoms with Crippen molar-refractivity contribution in [3.8, 4) is 0 Å². The topological polar surface area (TPSA) is 43.3 Å². The molecule has 3 rings (SSSR count). The van der Waals surface area contributed by atoms with Crippen LogP contribution in [-0.2, 0) is 6.42 Å². The Balaban J connectivity index is 1.99. The lowest BCUT2D eigenvalue weighted by atomic mass is 10.3. The lowest BCUT2D eigenvalue weighted by Gasteiger charge is -1.93. The van der Waals surface area contributed by atoms with Gasteiger partial charge in [-0.05, 0) is 23.6 Å². The van der Waals surface area contributed by atoms with E-state index < -0.39 is 0 Å². The minimum absolute atomic E-state index is 0.757. The SMILES string of the molecule is Nc1ccc2nc(Cc3cccs3)cn2c1. The maximum atomic E-state index is 5.72. The van der Waals surface area contributed by atoms with Crippen LogP contribution in [0.15, 0.2) is 42.0 Å². The van der Waals surface area contributed by atoms with Crippen LogP contribution in [0.3, 0.4) is 0 Å². The molecule has 0 radical (unpaired) electrons. The largest absolute Gasteiger partial charge is 0.398 e. The van der Waals surface area contributed by atoms with Gasteiger partial charge < -0.3 is 10.1 Å². The normalized spacial score (nSPS) is 11.0. The molecule has 16 heavy (non-hydrogen) atoms. The third-order valence-corrected chi connectivity index (χ3v) is 3.34. The van der Waals surface area contributed by atoms with E-state index in [1.54, 1.807) is 11.3 Å². The minimum Gasteiger partial charge on any atom is -0.398 e. The average molecular weight is 229 g/mol. The van der Waals surface area contributed by atoms with Gasteiger partial charge in [0, 0.05) is 29.4 Å². The molecule has 0 amide bonds. The van der Waals surface area contributed by atoms with Crippen LogP contribution in [0, 0.1) is 0 Å². The Bertz CT molecular complexity index is 610. The number of pyridine rings is 1. The second-order valence-electron chi connectivity index (χ2n) is 3.72. The predicted octanol–water partition coefficient (Wildman–Crippen LogP) is 2.57. The van der Waals surface area contributed by atoms with Gasteiger partial charge in [0.1, 0.15) is 5.65 Å². The van der Waals surface area contributed by atoms with Crippen molar-refractivity contribution in [2.75, 3.05) is 5.73 Å². The van der Waals surface area contributed by atoms with Gasteiger partial charge in [-0.3, -0.25) is 0 Å². The van der Waals surface area contributed by atoms with Crippen LogP contribution in [-0.4, -0.2) is 9.38 Å². The molecule has 0 saturated heterocycles. The van der Waals surface area contributed by atoms with Crippen LogP contribution in [0.1, 0.15) is 10.6 Å². The molecular weight excluding hydrogens is 218 g/mol. The van der Waals surface area contributed by atoms with Gasteiger partial charge in [0.2, 0.25) is 0 Å². The van der Waals surface area contributed by atoms with Crippen molar-refractivity contribution in [1.29, 1.82) is 0 Å². The van der Waals surface area contributed by atoms with Crippen LogP contribution in [0.5, 0.6) is 0 Å². The fourth-order valence-electron chi connectivity index (χ4n) is 1.74. The van der Waals surface area contributed by atoms with Crippen molar-refractivity contribution in [2.45, 2.75) is 6.42 Å². The lowest BCUT2D eigenvalue weighted by molar-refractivity contribution is 1.14. The summed E-state index contributed by atoms with van der Waals surface area (Å²) in [6.07, 6.45) is 4.81. The number of rotatable bonds is 2. The molecule has 3 aromatic heterocycles. The number of nitrogens with two attached hydrogens (primary N) is 1. The molecule has 0 aromatic carbocycles. The van der Waals surface area contributed by atoms with E-state index in [2.05, 4.69) is 22.5 Å². The van der Waals surface area contributed by atoms with Crippen LogP contribution in [0.25, 0.3) is 5.65 Å². The first kappa shape index (κ1) is 9.42. The molecule has 0 aliphatic rings. The Kier molecular flexibility index (Phi) is 2.15. The van der Waals surface area contributed by atoms with Gasteiger partial charge >= 0.3 is 0 Å². The van der Waals surface area contributed by atoms with E-state index in [4.69, 9.17) is 5.73 Å². The first-order valence-electron chi connectivity index (χ1n) is 5.07. The summed E-state index contributed by atoms with van der Waals surface area (Å²) in [6, 6.07) is 8.00. The van der Waals surface area contributed by atoms with Crippen molar-refractivity contribution >= 4 is 22.7 Å². The van der Waals surface area contributed by atoms with E-state index in [-0.39, 0.29) is 0 Å². The fourth-order valence-corrected chi connectivity index (χ4v) is 2.46. The Morgan fingerprint density at radius 1 is 1.25 bits per heavy atom. The van der Waals surface area contributed by atoms with Crippen molar-refractivity contribution in [1.82, 2.24) is 9.38 Å². The highest BCUT2D eigenvalue weighted by atomic mass is 32.1. The van der Waals surface area contributed by atoms with Gasteiger partial charge in [-0.2, -0.15) is 0 Å². The molecule has 0 aliphatic heterocycles. The van der Waals surface area contributed by atoms with E-state index in [0.29, 0.717) is 0 Å². The molecule has 0 unspecified atom stereocenters. The third kappa shape index (κ3) is 1.67. The van der Waals surface area contributed by atoms with Crippen LogP contribution in [0.4, 0.5) is 5.69 Å². The van der Waals surface area contributed by atoms with Crippen molar-refractivity contribution < 1.29 is 0 Å². The van der Waals surface area contributed by atoms with E-state index in [0.717, 1.165) is 23.4 Å². The predicted molar refractivity (Wildman–Crippen MR) is 66.7 cm³/mol. The number of hydrogen-bond donors (Lipinski definition) is 1. The number of anilines is 1. The summed E-state index contributed by atoms with van der Waals surface area (Å²) in [5.74, 6) is 0. The Hall–Kier alpha value is -1.81. The minimum atomic E-state index is 0.757. The number of fused-ring (bicyclic) bond motifs is 1. The molecule has 0 fully saturated rings. The molecule has 80 valence electrons. The average Bonchev–Trinajstić information content (AvgIpc) is 2.86. The molecule has 0 atom stereocenters. The molecule has 0 bridgehead atoms. The third-order valence-electron chi connectivity index (χ3n) is 2.46. The summed E-state index contributed by atoms with van der Waals surface area (Å²) in [5, 5.41) is 2.09. The maximum absolute atomic E-state index is 5.72. The van der Waals surface area contributed by atoms with Gasteiger partial charge in [-0.15, -0.1) is 11.3 Å². The van der Waals surface area contributed by atoms with Gasteiger partial charge in [-0.1, -0.05) is 6.07 Å². The summed E-state index contributed by atoms with van der Waals surface area (Å²) >= 11 is 1.76. The first-order valence-corrected chi connectivity index (χ1v) is 5.95. The molecule has 0 spiro atoms. The van der Waals surface area contributed by atoms with E-state index in [9.17, 15) is 0 Å². The molecule has 3 heterocycles. The number of aromatic nitrogens is 2. The second kappa shape index (κ2) is 3.64. The van der Waals surface area contributed by atoms with Gasteiger partial charge in [0.25, 0.3) is 0 Å². The summed E-state index contributed by atoms with van der Waals surface area (Å²) in [4.78, 5) is 5.87. The summed E-state index contributed by atoms with van der Waals surface area (Å²) in [5.41, 5.74) is 8.50. The van der Waals surface area contributed by atoms with Crippen molar-refractivity contribution in [3.05, 3.63) is 52.6 Å². The summed E-state index contributed by atoms with van der Waals surface area (Å²) < 4.78 is 1.97. The zero-order chi connectivity index (χ0) is 11.0. The van der Waals surface area contributed by atoms with Gasteiger partial charge in [0.05, 0.1) is 5.69 Å². The molecule has 4 heteroatoms. The molecular formula is C12H11N3S. The maximum Gasteiger partial charge on any atom is 0.137 e. The van der Waals surface area contributed by atoms with Crippen molar-refractivity contribution in [2.24, 2.45) is 0 Å². The summed E-state index contributed by atoms with van der Waals surface area (Å²) in [6.45, 7) is 0. The number of nitrogen functional groups attached to an aromatic ring is 1. The van der Waals surface area contributed by atoms with Crippen molar-refractivity contribution in [3.63, 3.8) is 0 Å². The summed E-state index contributed by atoms with van der Waals surface area (Å²) in [7, 11) is 0. The highest BCUT2D eigenvalue weighted by Gasteiger charge is 2.03. The fraction of sp³-hybridized carbons (Fsp3) is 0.0833. The zero-order valence-electron chi connectivity index (χ0n) is 8.63. The number of nitrogens with zero attached hydrogens (tertiary/aromatic N) is 2. The highest BCUT2D eigenvalue weighted by molar-refractivity contribution is 7.09.